The fourth-order valence-electron chi connectivity index (χ4n) is 4.63. The second-order valence-corrected chi connectivity index (χ2v) is 16.6. The molecule has 5 aromatic carbocycles. The van der Waals surface area contributed by atoms with Gasteiger partial charge in [-0.05, 0) is 166 Å². The first kappa shape index (κ1) is 62.1. The van der Waals surface area contributed by atoms with Crippen LogP contribution in [0.25, 0.3) is 0 Å². The third kappa shape index (κ3) is 26.1. The molecular weight excluding hydrogens is 892 g/mol. The van der Waals surface area contributed by atoms with Gasteiger partial charge in [-0.25, -0.2) is 22.4 Å². The fraction of sp³-hybridized carbons (Fsp3) is 0.205. The number of thiol groups is 1. The molecule has 0 aliphatic rings. The van der Waals surface area contributed by atoms with Gasteiger partial charge in [0.05, 0.1) is 50.9 Å². The minimum atomic E-state index is -3.34. The molecule has 0 bridgehead atoms. The summed E-state index contributed by atoms with van der Waals surface area (Å²) in [6.45, 7) is 9.25. The molecule has 0 heterocycles. The Morgan fingerprint density at radius 3 is 1.36 bits per heavy atom. The molecule has 5 rings (SSSR count). The van der Waals surface area contributed by atoms with E-state index in [9.17, 15) is 22.4 Å². The van der Waals surface area contributed by atoms with E-state index in [1.807, 2.05) is 69.7 Å². The Bertz CT molecular complexity index is 2370. The van der Waals surface area contributed by atoms with Crippen LogP contribution in [0.1, 0.15) is 72.7 Å². The molecule has 0 atom stereocenters. The van der Waals surface area contributed by atoms with Gasteiger partial charge < -0.3 is 10.2 Å². The van der Waals surface area contributed by atoms with Crippen LogP contribution in [-0.4, -0.2) is 93.0 Å². The van der Waals surface area contributed by atoms with E-state index in [2.05, 4.69) is 30.8 Å². The van der Waals surface area contributed by atoms with E-state index in [1.54, 1.807) is 61.6 Å². The molecule has 0 aliphatic carbocycles. The van der Waals surface area contributed by atoms with Crippen molar-refractivity contribution < 1.29 is 32.6 Å². The van der Waals surface area contributed by atoms with E-state index in [0.717, 1.165) is 54.8 Å². The van der Waals surface area contributed by atoms with Crippen LogP contribution in [0.5, 0.6) is 0 Å². The van der Waals surface area contributed by atoms with Gasteiger partial charge in [0.15, 0.2) is 9.84 Å². The predicted octanol–water partition coefficient (Wildman–Crippen LogP) is 10.2. The number of hydrogen-bond donors (Lipinski definition) is 3. The summed E-state index contributed by atoms with van der Waals surface area (Å²) in [5.74, 6) is -2.34. The average Bonchev–Trinajstić information content (AvgIpc) is 3.17. The van der Waals surface area contributed by atoms with Crippen LogP contribution in [0.2, 0.25) is 0 Å². The number of hydrogen-bond acceptors (Lipinski definition) is 10. The van der Waals surface area contributed by atoms with Crippen molar-refractivity contribution in [3.05, 3.63) is 152 Å². The van der Waals surface area contributed by atoms with Gasteiger partial charge in [0, 0.05) is 20.9 Å². The van der Waals surface area contributed by atoms with Crippen molar-refractivity contribution in [2.45, 2.75) is 61.6 Å². The molecule has 0 saturated carbocycles. The Labute approximate surface area is 410 Å². The van der Waals surface area contributed by atoms with Gasteiger partial charge in [0.2, 0.25) is 0 Å². The topological polar surface area (TPSA) is 180 Å². The van der Waals surface area contributed by atoms with Crippen LogP contribution in [-0.2, 0) is 9.84 Å². The summed E-state index contributed by atoms with van der Waals surface area (Å²) in [4.78, 5) is 24.3. The van der Waals surface area contributed by atoms with Crippen LogP contribution in [0.3, 0.4) is 0 Å². The second-order valence-electron chi connectivity index (χ2n) is 12.3. The number of benzene rings is 5. The summed E-state index contributed by atoms with van der Waals surface area (Å²) >= 11 is 10.2. The maximum atomic E-state index is 12.5. The Morgan fingerprint density at radius 2 is 0.967 bits per heavy atom. The molecule has 314 valence electrons. The quantitative estimate of drug-likeness (QED) is 0.0867. The zero-order chi connectivity index (χ0) is 45.5. The number of carbonyl (C=O) groups is 2. The number of halogens is 1. The van der Waals surface area contributed by atoms with Crippen molar-refractivity contribution in [2.75, 3.05) is 18.8 Å². The number of aromatic carboxylic acids is 2. The number of sulfone groups is 1. The summed E-state index contributed by atoms with van der Waals surface area (Å²) in [6.07, 6.45) is 4.99. The van der Waals surface area contributed by atoms with Gasteiger partial charge in [-0.3, -0.25) is 0 Å². The monoisotopic (exact) mass is 939 g/mol. The van der Waals surface area contributed by atoms with Gasteiger partial charge >= 0.3 is 55.6 Å². The Morgan fingerprint density at radius 1 is 0.607 bits per heavy atom. The third-order valence-electron chi connectivity index (χ3n) is 7.04. The molecule has 0 saturated heterocycles. The van der Waals surface area contributed by atoms with Crippen LogP contribution < -0.4 is 0 Å². The maximum absolute atomic E-state index is 12.5. The van der Waals surface area contributed by atoms with Crippen molar-refractivity contribution in [3.63, 3.8) is 0 Å². The Kier molecular flexibility index (Phi) is 33.0. The van der Waals surface area contributed by atoms with E-state index in [-0.39, 0.29) is 37.2 Å². The van der Waals surface area contributed by atoms with Crippen molar-refractivity contribution in [1.82, 2.24) is 0 Å². The number of rotatable bonds is 5. The van der Waals surface area contributed by atoms with Crippen LogP contribution in [0.15, 0.2) is 111 Å². The summed E-state index contributed by atoms with van der Waals surface area (Å²) < 4.78 is 34.8. The number of carboxylic acid groups (broad SMARTS) is 2. The molecule has 0 spiro atoms. The standard InChI is InChI=1S/C9H9NS.C9H10O4S.C9H10O2S.C8H6FN.C8H7NS.CH4.2Na.H2S/c1-7-3-8(6-10)5-9(4-7)11-2;1-6-3-7(9(10)11)5-8(4-6)14(2,12)13;1-6-3-7(9(10)11)5-8(4-6)12-2;1-6-2-7(5-10)4-8(9)3-6;1-6-2-7(5-9)4-8(10)3-6;;;;/h3-5H,1-2H3;3-5H,1-2H3,(H,10,11);3-5H,1-2H3,(H,10,11);2-4H,1H3;2-4,10H,1H3;1H4;;;1H2. The first-order valence-corrected chi connectivity index (χ1v) is 30.3. The molecule has 2 N–H and O–H groups in total. The fourth-order valence-corrected chi connectivity index (χ4v) is 6.81. The molecule has 0 amide bonds. The van der Waals surface area contributed by atoms with Crippen LogP contribution >= 0.6 is 49.6 Å². The zero-order valence-electron chi connectivity index (χ0n) is 35.1. The second kappa shape index (κ2) is 32.5. The molecule has 0 radical (unpaired) electrons. The molecule has 17 heteroatoms. The zero-order valence-corrected chi connectivity index (χ0v) is 43.4. The van der Waals surface area contributed by atoms with Crippen LogP contribution in [0, 0.1) is 74.4 Å². The van der Waals surface area contributed by atoms with Crippen molar-refractivity contribution in [3.8, 4) is 18.2 Å². The molecule has 0 aliphatic heterocycles. The molecule has 61 heavy (non-hydrogen) atoms. The van der Waals surface area contributed by atoms with Crippen molar-refractivity contribution in [1.29, 1.82) is 15.8 Å². The SMILES string of the molecule is C.CSc1cc(C)cc(C#N)c1.CSc1cc(C)cc(C(=O)O)c1.Cc1cc(C(=O)O)cc(S(C)(=O)=O)c1.Cc1cc(F)cc(C#N)c1.Cc1cc(S)cc(C#N)c1.S.[Na][Na]. The Hall–Kier alpha value is -3.21. The predicted molar refractivity (Wildman–Crippen MR) is 256 cm³/mol. The van der Waals surface area contributed by atoms with Gasteiger partial charge in [0.25, 0.3) is 0 Å². The number of nitriles is 3. The van der Waals surface area contributed by atoms with Crippen LogP contribution in [0.4, 0.5) is 4.39 Å². The summed E-state index contributed by atoms with van der Waals surface area (Å²) in [5, 5.41) is 42.9. The van der Waals surface area contributed by atoms with E-state index in [4.69, 9.17) is 26.0 Å². The molecule has 0 fully saturated rings. The van der Waals surface area contributed by atoms with Gasteiger partial charge in [-0.1, -0.05) is 7.43 Å². The van der Waals surface area contributed by atoms with E-state index in [0.29, 0.717) is 22.3 Å². The number of nitrogens with zero attached hydrogens (tertiary/aromatic N) is 3. The number of carboxylic acids is 2. The minimum absolute atomic E-state index is 0. The van der Waals surface area contributed by atoms with Crippen molar-refractivity contribution >= 4 is 115 Å². The molecule has 9 nitrogen and oxygen atoms in total. The number of aryl methyl sites for hydroxylation is 5. The van der Waals surface area contributed by atoms with Crippen molar-refractivity contribution in [2.24, 2.45) is 0 Å². The van der Waals surface area contributed by atoms with E-state index >= 15 is 0 Å². The number of thioether (sulfide) groups is 2. The first-order valence-electron chi connectivity index (χ1n) is 17.5. The summed E-state index contributed by atoms with van der Waals surface area (Å²) in [7, 11) is -3.34. The molecule has 0 unspecified atom stereocenters. The van der Waals surface area contributed by atoms with E-state index in [1.165, 1.54) is 67.9 Å². The third-order valence-corrected chi connectivity index (χ3v) is 9.80. The normalized spacial score (nSPS) is 9.23. The average molecular weight is 940 g/mol. The molecule has 0 aromatic heterocycles. The molecular formula is C44H48FN3Na2O6S5. The van der Waals surface area contributed by atoms with E-state index < -0.39 is 21.8 Å². The Balaban J connectivity index is -0.000000680. The summed E-state index contributed by atoms with van der Waals surface area (Å²) in [5.41, 5.74) is 6.74. The van der Waals surface area contributed by atoms with Gasteiger partial charge in [-0.2, -0.15) is 29.3 Å². The summed E-state index contributed by atoms with van der Waals surface area (Å²) in [6, 6.07) is 31.0. The van der Waals surface area contributed by atoms with Gasteiger partial charge in [-0.15, -0.1) is 36.2 Å². The first-order chi connectivity index (χ1) is 27.6. The van der Waals surface area contributed by atoms with Gasteiger partial charge in [0.1, 0.15) is 5.82 Å². The molecule has 5 aromatic rings.